The largest absolute Gasteiger partial charge is 0.490 e. The van der Waals surface area contributed by atoms with Gasteiger partial charge in [0.15, 0.2) is 0 Å². The fourth-order valence-corrected chi connectivity index (χ4v) is 4.33. The number of benzene rings is 2. The summed E-state index contributed by atoms with van der Waals surface area (Å²) in [5.41, 5.74) is 2.31. The Hall–Kier alpha value is -3.39. The molecule has 1 aliphatic carbocycles. The molecular weight excluding hydrogens is 458 g/mol. The first-order chi connectivity index (χ1) is 16.4. The topological polar surface area (TPSA) is 104 Å². The summed E-state index contributed by atoms with van der Waals surface area (Å²) in [5.74, 6) is -0.157. The lowest BCUT2D eigenvalue weighted by Crippen LogP contribution is -2.23. The van der Waals surface area contributed by atoms with Gasteiger partial charge in [-0.25, -0.2) is 4.79 Å². The lowest BCUT2D eigenvalue weighted by Gasteiger charge is -2.23. The molecular formula is C25H26ClN3O5. The van der Waals surface area contributed by atoms with Gasteiger partial charge in [0.1, 0.15) is 5.75 Å². The molecule has 8 nitrogen and oxygen atoms in total. The Morgan fingerprint density at radius 2 is 1.88 bits per heavy atom. The number of methoxy groups -OCH3 is 1. The average Bonchev–Trinajstić information content (AvgIpc) is 3.34. The van der Waals surface area contributed by atoms with E-state index in [1.165, 1.54) is 32.4 Å². The third-order valence-corrected chi connectivity index (χ3v) is 6.08. The van der Waals surface area contributed by atoms with Gasteiger partial charge in [-0.15, -0.1) is 0 Å². The molecule has 0 atom stereocenters. The number of nitrogens with zero attached hydrogens (tertiary/aromatic N) is 2. The zero-order valence-corrected chi connectivity index (χ0v) is 19.9. The maximum absolute atomic E-state index is 12.5. The van der Waals surface area contributed by atoms with Crippen molar-refractivity contribution in [2.24, 2.45) is 0 Å². The van der Waals surface area contributed by atoms with Crippen LogP contribution < -0.4 is 10.1 Å². The summed E-state index contributed by atoms with van der Waals surface area (Å²) < 4.78 is 15.9. The molecule has 1 heterocycles. The van der Waals surface area contributed by atoms with Crippen LogP contribution in [0.3, 0.4) is 0 Å². The number of carbonyl (C=O) groups is 2. The highest BCUT2D eigenvalue weighted by Crippen LogP contribution is 2.28. The highest BCUT2D eigenvalue weighted by atomic mass is 35.5. The number of aromatic nitrogens is 2. The number of esters is 1. The Morgan fingerprint density at radius 3 is 2.56 bits per heavy atom. The number of hydrogen-bond donors (Lipinski definition) is 1. The van der Waals surface area contributed by atoms with Crippen molar-refractivity contribution in [3.05, 3.63) is 64.0 Å². The Labute approximate surface area is 202 Å². The maximum Gasteiger partial charge on any atom is 0.339 e. The average molecular weight is 484 g/mol. The van der Waals surface area contributed by atoms with Crippen molar-refractivity contribution in [2.75, 3.05) is 7.11 Å². The molecule has 9 heteroatoms. The third kappa shape index (κ3) is 5.56. The van der Waals surface area contributed by atoms with E-state index in [-0.39, 0.29) is 22.3 Å². The van der Waals surface area contributed by atoms with E-state index in [0.29, 0.717) is 23.8 Å². The Morgan fingerprint density at radius 1 is 1.15 bits per heavy atom. The molecule has 4 rings (SSSR count). The molecule has 0 aliphatic heterocycles. The van der Waals surface area contributed by atoms with Crippen molar-refractivity contribution >= 4 is 23.5 Å². The predicted octanol–water partition coefficient (Wildman–Crippen LogP) is 5.13. The molecule has 1 N–H and O–H groups in total. The number of amides is 1. The van der Waals surface area contributed by atoms with Crippen LogP contribution >= 0.6 is 11.6 Å². The lowest BCUT2D eigenvalue weighted by atomic mass is 9.98. The van der Waals surface area contributed by atoms with Gasteiger partial charge in [0.05, 0.1) is 23.8 Å². The van der Waals surface area contributed by atoms with Crippen LogP contribution in [0.25, 0.3) is 11.4 Å². The molecule has 1 saturated carbocycles. The van der Waals surface area contributed by atoms with Crippen molar-refractivity contribution in [1.29, 1.82) is 0 Å². The van der Waals surface area contributed by atoms with E-state index < -0.39 is 11.9 Å². The monoisotopic (exact) mass is 483 g/mol. The minimum atomic E-state index is -0.532. The first-order valence-corrected chi connectivity index (χ1v) is 11.6. The number of halogens is 1. The third-order valence-electron chi connectivity index (χ3n) is 5.79. The van der Waals surface area contributed by atoms with Crippen LogP contribution in [0.15, 0.2) is 40.9 Å². The minimum absolute atomic E-state index is 0.168. The van der Waals surface area contributed by atoms with Crippen LogP contribution in [0.1, 0.15) is 64.3 Å². The number of rotatable bonds is 7. The summed E-state index contributed by atoms with van der Waals surface area (Å²) in [6.07, 6.45) is 6.22. The normalized spacial score (nSPS) is 14.0. The summed E-state index contributed by atoms with van der Waals surface area (Å²) in [7, 11) is 1.29. The molecule has 178 valence electrons. The van der Waals surface area contributed by atoms with Gasteiger partial charge < -0.3 is 19.3 Å². The van der Waals surface area contributed by atoms with Crippen LogP contribution in [-0.2, 0) is 11.3 Å². The van der Waals surface area contributed by atoms with E-state index >= 15 is 0 Å². The van der Waals surface area contributed by atoms with Gasteiger partial charge in [0, 0.05) is 12.1 Å². The molecule has 1 amide bonds. The van der Waals surface area contributed by atoms with E-state index in [0.717, 1.165) is 24.2 Å². The first-order valence-electron chi connectivity index (χ1n) is 11.2. The van der Waals surface area contributed by atoms with E-state index in [1.54, 1.807) is 13.0 Å². The molecule has 0 unspecified atom stereocenters. The predicted molar refractivity (Wildman–Crippen MR) is 126 cm³/mol. The van der Waals surface area contributed by atoms with Crippen LogP contribution in [-0.4, -0.2) is 35.2 Å². The zero-order chi connectivity index (χ0) is 24.1. The van der Waals surface area contributed by atoms with E-state index in [2.05, 4.69) is 15.5 Å². The molecule has 1 aliphatic rings. The zero-order valence-electron chi connectivity index (χ0n) is 19.1. The van der Waals surface area contributed by atoms with Crippen LogP contribution in [0.2, 0.25) is 5.02 Å². The fraction of sp³-hybridized carbons (Fsp3) is 0.360. The summed E-state index contributed by atoms with van der Waals surface area (Å²) >= 11 is 6.24. The van der Waals surface area contributed by atoms with Crippen molar-refractivity contribution in [3.63, 3.8) is 0 Å². The fourth-order valence-electron chi connectivity index (χ4n) is 3.99. The highest BCUT2D eigenvalue weighted by molar-refractivity contribution is 6.34. The standard InChI is InChI=1S/C25H26ClN3O5/c1-15-12-17(13-20(26)21(15)25(31)32-2)22-28-24(34-29-22)23(30)27-14-16-8-10-19(11-9-16)33-18-6-4-3-5-7-18/h8-13,18H,3-7,14H2,1-2H3,(H,27,30). The lowest BCUT2D eigenvalue weighted by molar-refractivity contribution is 0.0600. The molecule has 3 aromatic rings. The van der Waals surface area contributed by atoms with Crippen LogP contribution in [0.5, 0.6) is 5.75 Å². The minimum Gasteiger partial charge on any atom is -0.490 e. The van der Waals surface area contributed by atoms with Crippen LogP contribution in [0, 0.1) is 6.92 Å². The van der Waals surface area contributed by atoms with E-state index in [1.807, 2.05) is 24.3 Å². The second-order valence-electron chi connectivity index (χ2n) is 8.27. The number of carbonyl (C=O) groups excluding carboxylic acids is 2. The van der Waals surface area contributed by atoms with Gasteiger partial charge in [-0.1, -0.05) is 35.3 Å². The smallest absolute Gasteiger partial charge is 0.339 e. The maximum atomic E-state index is 12.5. The number of hydrogen-bond acceptors (Lipinski definition) is 7. The van der Waals surface area contributed by atoms with Gasteiger partial charge in [-0.2, -0.15) is 4.98 Å². The van der Waals surface area contributed by atoms with Gasteiger partial charge >= 0.3 is 17.8 Å². The van der Waals surface area contributed by atoms with Crippen molar-refractivity contribution in [1.82, 2.24) is 15.5 Å². The molecule has 0 radical (unpaired) electrons. The number of aryl methyl sites for hydroxylation is 1. The first kappa shape index (κ1) is 23.8. The molecule has 1 aromatic heterocycles. The molecule has 0 bridgehead atoms. The Kier molecular flexibility index (Phi) is 7.47. The Bertz CT molecular complexity index is 1150. The van der Waals surface area contributed by atoms with Crippen molar-refractivity contribution < 1.29 is 23.6 Å². The number of ether oxygens (including phenoxy) is 2. The van der Waals surface area contributed by atoms with Gasteiger partial charge in [-0.05, 0) is 68.0 Å². The summed E-state index contributed by atoms with van der Waals surface area (Å²) in [6.45, 7) is 2.03. The van der Waals surface area contributed by atoms with Crippen LogP contribution in [0.4, 0.5) is 0 Å². The van der Waals surface area contributed by atoms with Gasteiger partial charge in [0.2, 0.25) is 5.82 Å². The van der Waals surface area contributed by atoms with Crippen molar-refractivity contribution in [2.45, 2.75) is 51.7 Å². The molecule has 1 fully saturated rings. The van der Waals surface area contributed by atoms with Gasteiger partial charge in [0.25, 0.3) is 0 Å². The molecule has 0 spiro atoms. The quantitative estimate of drug-likeness (QED) is 0.465. The molecule has 2 aromatic carbocycles. The summed E-state index contributed by atoms with van der Waals surface area (Å²) in [4.78, 5) is 28.5. The van der Waals surface area contributed by atoms with E-state index in [9.17, 15) is 9.59 Å². The summed E-state index contributed by atoms with van der Waals surface area (Å²) in [6, 6.07) is 10.9. The second kappa shape index (κ2) is 10.7. The Balaban J connectivity index is 1.36. The molecule has 34 heavy (non-hydrogen) atoms. The highest BCUT2D eigenvalue weighted by Gasteiger charge is 2.20. The van der Waals surface area contributed by atoms with Gasteiger partial charge in [-0.3, -0.25) is 4.79 Å². The second-order valence-corrected chi connectivity index (χ2v) is 8.68. The van der Waals surface area contributed by atoms with Crippen molar-refractivity contribution in [3.8, 4) is 17.1 Å². The SMILES string of the molecule is COC(=O)c1c(C)cc(-c2noc(C(=O)NCc3ccc(OC4CCCCC4)cc3)n2)cc1Cl. The summed E-state index contributed by atoms with van der Waals surface area (Å²) in [5, 5.41) is 6.84. The van der Waals surface area contributed by atoms with E-state index in [4.69, 9.17) is 25.6 Å². The number of nitrogens with one attached hydrogen (secondary N) is 1. The molecule has 0 saturated heterocycles.